The van der Waals surface area contributed by atoms with Crippen molar-refractivity contribution in [3.8, 4) is 23.2 Å². The molecule has 0 saturated carbocycles. The lowest BCUT2D eigenvalue weighted by Gasteiger charge is -2.00. The third-order valence-electron chi connectivity index (χ3n) is 3.50. The molecule has 2 aromatic carbocycles. The lowest BCUT2D eigenvalue weighted by Crippen LogP contribution is -1.81. The van der Waals surface area contributed by atoms with Crippen LogP contribution in [0.3, 0.4) is 0 Å². The first kappa shape index (κ1) is 13.5. The van der Waals surface area contributed by atoms with Crippen LogP contribution in [-0.2, 0) is 0 Å². The summed E-state index contributed by atoms with van der Waals surface area (Å²) < 4.78 is 5.95. The van der Waals surface area contributed by atoms with E-state index in [0.717, 1.165) is 40.7 Å². The summed E-state index contributed by atoms with van der Waals surface area (Å²) in [6, 6.07) is 18.3. The van der Waals surface area contributed by atoms with Crippen molar-refractivity contribution in [3.63, 3.8) is 0 Å². The number of benzene rings is 2. The van der Waals surface area contributed by atoms with E-state index in [-0.39, 0.29) is 0 Å². The van der Waals surface area contributed by atoms with Gasteiger partial charge in [-0.05, 0) is 30.7 Å². The highest BCUT2D eigenvalue weighted by atomic mass is 16.3. The Morgan fingerprint density at radius 3 is 2.67 bits per heavy atom. The topological polar surface area (TPSA) is 13.1 Å². The van der Waals surface area contributed by atoms with Gasteiger partial charge < -0.3 is 4.42 Å². The van der Waals surface area contributed by atoms with Gasteiger partial charge in [0, 0.05) is 22.9 Å². The van der Waals surface area contributed by atoms with Crippen molar-refractivity contribution in [1.82, 2.24) is 0 Å². The Balaban J connectivity index is 1.99. The highest BCUT2D eigenvalue weighted by molar-refractivity contribution is 5.84. The third kappa shape index (κ3) is 3.01. The van der Waals surface area contributed by atoms with Crippen LogP contribution in [0.15, 0.2) is 59.0 Å². The Hall–Kier alpha value is -2.46. The maximum absolute atomic E-state index is 5.95. The maximum atomic E-state index is 5.95. The molecule has 0 aliphatic rings. The fourth-order valence-electron chi connectivity index (χ4n) is 2.34. The summed E-state index contributed by atoms with van der Waals surface area (Å²) in [5.41, 5.74) is 3.02. The molecule has 21 heavy (non-hydrogen) atoms. The lowest BCUT2D eigenvalue weighted by atomic mass is 10.1. The quantitative estimate of drug-likeness (QED) is 0.445. The van der Waals surface area contributed by atoms with Crippen LogP contribution in [0.2, 0.25) is 0 Å². The summed E-state index contributed by atoms with van der Waals surface area (Å²) in [6.07, 6.45) is 3.28. The van der Waals surface area contributed by atoms with Crippen LogP contribution in [0.1, 0.15) is 31.7 Å². The van der Waals surface area contributed by atoms with Gasteiger partial charge >= 0.3 is 0 Å². The second kappa shape index (κ2) is 6.33. The van der Waals surface area contributed by atoms with Crippen LogP contribution >= 0.6 is 0 Å². The fourth-order valence-corrected chi connectivity index (χ4v) is 2.34. The van der Waals surface area contributed by atoms with Crippen molar-refractivity contribution in [2.45, 2.75) is 26.2 Å². The van der Waals surface area contributed by atoms with Gasteiger partial charge in [0.2, 0.25) is 0 Å². The number of fused-ring (bicyclic) bond motifs is 1. The molecular weight excluding hydrogens is 256 g/mol. The monoisotopic (exact) mass is 274 g/mol. The van der Waals surface area contributed by atoms with E-state index in [1.807, 2.05) is 30.3 Å². The van der Waals surface area contributed by atoms with Gasteiger partial charge in [-0.2, -0.15) is 0 Å². The maximum Gasteiger partial charge on any atom is 0.136 e. The average Bonchev–Trinajstić information content (AvgIpc) is 2.96. The van der Waals surface area contributed by atoms with Crippen molar-refractivity contribution in [3.05, 3.63) is 60.2 Å². The average molecular weight is 274 g/mol. The molecule has 0 atom stereocenters. The molecule has 1 heterocycles. The minimum absolute atomic E-state index is 0.886. The summed E-state index contributed by atoms with van der Waals surface area (Å²) in [5.74, 6) is 7.42. The largest absolute Gasteiger partial charge is 0.456 e. The first-order chi connectivity index (χ1) is 10.4. The summed E-state index contributed by atoms with van der Waals surface area (Å²) in [7, 11) is 0. The first-order valence-electron chi connectivity index (χ1n) is 7.45. The molecule has 1 aromatic heterocycles. The fraction of sp³-hybridized carbons (Fsp3) is 0.200. The predicted molar refractivity (Wildman–Crippen MR) is 88.1 cm³/mol. The molecule has 1 nitrogen and oxygen atoms in total. The standard InChI is InChI=1S/C20H18O/c1-2-3-4-5-10-16-11-6-8-13-18(16)20-15-17-12-7-9-14-19(17)21-20/h6-9,11-15H,2-4H2,1H3. The SMILES string of the molecule is CCCCC#Cc1ccccc1-c1cc2ccccc2o1. The summed E-state index contributed by atoms with van der Waals surface area (Å²) in [6.45, 7) is 2.18. The van der Waals surface area contributed by atoms with Crippen LogP contribution < -0.4 is 0 Å². The van der Waals surface area contributed by atoms with Crippen LogP contribution in [0.25, 0.3) is 22.3 Å². The third-order valence-corrected chi connectivity index (χ3v) is 3.50. The van der Waals surface area contributed by atoms with Crippen LogP contribution in [0.5, 0.6) is 0 Å². The molecule has 0 spiro atoms. The van der Waals surface area contributed by atoms with E-state index < -0.39 is 0 Å². The second-order valence-corrected chi connectivity index (χ2v) is 5.10. The number of furan rings is 1. The van der Waals surface area contributed by atoms with E-state index in [9.17, 15) is 0 Å². The molecule has 0 aliphatic heterocycles. The van der Waals surface area contributed by atoms with Gasteiger partial charge in [-0.15, -0.1) is 0 Å². The zero-order valence-corrected chi connectivity index (χ0v) is 12.2. The number of rotatable bonds is 3. The molecule has 0 fully saturated rings. The van der Waals surface area contributed by atoms with Crippen molar-refractivity contribution in [1.29, 1.82) is 0 Å². The van der Waals surface area contributed by atoms with Crippen LogP contribution in [0.4, 0.5) is 0 Å². The van der Waals surface area contributed by atoms with Crippen LogP contribution in [-0.4, -0.2) is 0 Å². The predicted octanol–water partition coefficient (Wildman–Crippen LogP) is 5.64. The van der Waals surface area contributed by atoms with E-state index in [4.69, 9.17) is 4.42 Å². The van der Waals surface area contributed by atoms with E-state index in [1.165, 1.54) is 6.42 Å². The Bertz CT molecular complexity index is 766. The van der Waals surface area contributed by atoms with Gasteiger partial charge in [0.25, 0.3) is 0 Å². The number of para-hydroxylation sites is 1. The second-order valence-electron chi connectivity index (χ2n) is 5.10. The minimum Gasteiger partial charge on any atom is -0.456 e. The Morgan fingerprint density at radius 2 is 1.81 bits per heavy atom. The molecule has 0 N–H and O–H groups in total. The van der Waals surface area contributed by atoms with Gasteiger partial charge in [-0.25, -0.2) is 0 Å². The van der Waals surface area contributed by atoms with Gasteiger partial charge in [0.1, 0.15) is 11.3 Å². The lowest BCUT2D eigenvalue weighted by molar-refractivity contribution is 0.631. The highest BCUT2D eigenvalue weighted by Crippen LogP contribution is 2.29. The summed E-state index contributed by atoms with van der Waals surface area (Å²) >= 11 is 0. The van der Waals surface area contributed by atoms with E-state index in [0.29, 0.717) is 0 Å². The summed E-state index contributed by atoms with van der Waals surface area (Å²) in [5, 5.41) is 1.13. The molecule has 0 unspecified atom stereocenters. The zero-order valence-electron chi connectivity index (χ0n) is 12.2. The Kier molecular flexibility index (Phi) is 4.07. The van der Waals surface area contributed by atoms with Crippen molar-refractivity contribution >= 4 is 11.0 Å². The van der Waals surface area contributed by atoms with E-state index in [2.05, 4.69) is 43.0 Å². The Morgan fingerprint density at radius 1 is 1.00 bits per heavy atom. The van der Waals surface area contributed by atoms with E-state index >= 15 is 0 Å². The van der Waals surface area contributed by atoms with Gasteiger partial charge in [-0.3, -0.25) is 0 Å². The van der Waals surface area contributed by atoms with Gasteiger partial charge in [0.05, 0.1) is 0 Å². The molecule has 3 aromatic rings. The first-order valence-corrected chi connectivity index (χ1v) is 7.45. The molecule has 0 amide bonds. The molecule has 1 heteroatoms. The number of unbranched alkanes of at least 4 members (excludes halogenated alkanes) is 2. The summed E-state index contributed by atoms with van der Waals surface area (Å²) in [4.78, 5) is 0. The van der Waals surface area contributed by atoms with Crippen molar-refractivity contribution in [2.24, 2.45) is 0 Å². The molecule has 0 radical (unpaired) electrons. The van der Waals surface area contributed by atoms with Crippen LogP contribution in [0, 0.1) is 11.8 Å². The highest BCUT2D eigenvalue weighted by Gasteiger charge is 2.08. The van der Waals surface area contributed by atoms with Crippen molar-refractivity contribution in [2.75, 3.05) is 0 Å². The molecule has 0 saturated heterocycles. The van der Waals surface area contributed by atoms with Gasteiger partial charge in [-0.1, -0.05) is 55.5 Å². The Labute approximate surface area is 125 Å². The van der Waals surface area contributed by atoms with E-state index in [1.54, 1.807) is 0 Å². The molecule has 0 bridgehead atoms. The van der Waals surface area contributed by atoms with Crippen molar-refractivity contribution < 1.29 is 4.42 Å². The van der Waals surface area contributed by atoms with Gasteiger partial charge in [0.15, 0.2) is 0 Å². The molecule has 0 aliphatic carbocycles. The normalized spacial score (nSPS) is 10.3. The number of hydrogen-bond acceptors (Lipinski definition) is 1. The number of hydrogen-bond donors (Lipinski definition) is 0. The zero-order chi connectivity index (χ0) is 14.5. The molecular formula is C20H18O. The molecule has 3 rings (SSSR count). The smallest absolute Gasteiger partial charge is 0.136 e. The minimum atomic E-state index is 0.886. The molecule has 104 valence electrons.